The first-order chi connectivity index (χ1) is 16.9. The zero-order valence-corrected chi connectivity index (χ0v) is 20.4. The summed E-state index contributed by atoms with van der Waals surface area (Å²) in [6.07, 6.45) is 0.719. The van der Waals surface area contributed by atoms with Crippen LogP contribution in [0.4, 0.5) is 22.7 Å². The van der Waals surface area contributed by atoms with Gasteiger partial charge in [-0.3, -0.25) is 19.8 Å². The van der Waals surface area contributed by atoms with Crippen molar-refractivity contribution in [3.8, 4) is 0 Å². The summed E-state index contributed by atoms with van der Waals surface area (Å²) in [5.41, 5.74) is 1.63. The van der Waals surface area contributed by atoms with Crippen molar-refractivity contribution in [2.75, 3.05) is 57.4 Å². The van der Waals surface area contributed by atoms with Gasteiger partial charge in [0.05, 0.1) is 35.4 Å². The summed E-state index contributed by atoms with van der Waals surface area (Å²) in [7, 11) is 0. The van der Waals surface area contributed by atoms with Gasteiger partial charge in [-0.25, -0.2) is 0 Å². The molecule has 0 saturated carbocycles. The third kappa shape index (κ3) is 9.57. The number of anilines is 1. The first kappa shape index (κ1) is 28.1. The number of halogens is 1. The second-order valence-corrected chi connectivity index (χ2v) is 8.02. The van der Waals surface area contributed by atoms with Crippen molar-refractivity contribution >= 4 is 40.3 Å². The average Bonchev–Trinajstić information content (AvgIpc) is 2.85. The maximum Gasteiger partial charge on any atom is 0.271 e. The van der Waals surface area contributed by atoms with Crippen molar-refractivity contribution in [2.24, 2.45) is 10.2 Å². The highest BCUT2D eigenvalue weighted by Crippen LogP contribution is 2.30. The molecule has 0 radical (unpaired) electrons. The molecule has 3 N–H and O–H groups in total. The van der Waals surface area contributed by atoms with Crippen molar-refractivity contribution in [3.05, 3.63) is 57.6 Å². The van der Waals surface area contributed by atoms with Gasteiger partial charge in [0.1, 0.15) is 5.69 Å². The summed E-state index contributed by atoms with van der Waals surface area (Å²) >= 11 is 6.04. The van der Waals surface area contributed by atoms with Crippen LogP contribution in [0.15, 0.2) is 52.7 Å². The number of hydrogen-bond acceptors (Lipinski definition) is 9. The van der Waals surface area contributed by atoms with Gasteiger partial charge >= 0.3 is 0 Å². The largest absolute Gasteiger partial charge is 0.395 e. The molecular formula is C23H31ClN6O5. The Bertz CT molecular complexity index is 983. The summed E-state index contributed by atoms with van der Waals surface area (Å²) in [4.78, 5) is 26.5. The lowest BCUT2D eigenvalue weighted by Gasteiger charge is -2.23. The number of azo groups is 1. The number of aliphatic hydroxyl groups is 2. The Morgan fingerprint density at radius 2 is 1.77 bits per heavy atom. The number of aliphatic hydroxyl groups excluding tert-OH is 2. The molecule has 0 spiro atoms. The number of nitro groups is 1. The molecule has 0 aliphatic rings. The first-order valence-corrected chi connectivity index (χ1v) is 11.7. The molecule has 0 aliphatic carbocycles. The highest BCUT2D eigenvalue weighted by molar-refractivity contribution is 6.33. The van der Waals surface area contributed by atoms with Crippen molar-refractivity contribution in [1.82, 2.24) is 10.2 Å². The third-order valence-corrected chi connectivity index (χ3v) is 5.45. The van der Waals surface area contributed by atoms with Gasteiger partial charge < -0.3 is 20.4 Å². The van der Waals surface area contributed by atoms with Crippen LogP contribution in [0, 0.1) is 10.1 Å². The summed E-state index contributed by atoms with van der Waals surface area (Å²) < 4.78 is 0. The first-order valence-electron chi connectivity index (χ1n) is 11.3. The van der Waals surface area contributed by atoms with Crippen LogP contribution in [0.1, 0.15) is 13.3 Å². The van der Waals surface area contributed by atoms with E-state index in [2.05, 4.69) is 15.5 Å². The Morgan fingerprint density at radius 3 is 2.34 bits per heavy atom. The molecule has 1 amide bonds. The van der Waals surface area contributed by atoms with Gasteiger partial charge in [0.15, 0.2) is 0 Å². The van der Waals surface area contributed by atoms with E-state index in [9.17, 15) is 14.9 Å². The van der Waals surface area contributed by atoms with Crippen LogP contribution in [0.25, 0.3) is 0 Å². The number of hydrogen-bond donors (Lipinski definition) is 3. The van der Waals surface area contributed by atoms with Gasteiger partial charge in [-0.15, -0.1) is 5.11 Å². The number of nitrogens with one attached hydrogen (secondary N) is 1. The molecule has 0 heterocycles. The van der Waals surface area contributed by atoms with Gasteiger partial charge in [0, 0.05) is 44.0 Å². The van der Waals surface area contributed by atoms with Gasteiger partial charge in [0.2, 0.25) is 5.91 Å². The fraction of sp³-hybridized carbons (Fsp3) is 0.435. The molecule has 11 nitrogen and oxygen atoms in total. The SMILES string of the molecule is CCN(CC(=O)NCCCN(CCO)CCO)c1ccc(/N=N/c2ccc([N+](=O)[O-])cc2Cl)cc1. The molecule has 2 aromatic rings. The van der Waals surface area contributed by atoms with Gasteiger partial charge in [0.25, 0.3) is 5.69 Å². The minimum atomic E-state index is -0.531. The minimum absolute atomic E-state index is 0.0305. The molecule has 0 atom stereocenters. The Morgan fingerprint density at radius 1 is 1.09 bits per heavy atom. The Kier molecular flexibility index (Phi) is 12.0. The summed E-state index contributed by atoms with van der Waals surface area (Å²) in [6.45, 7) is 5.03. The Balaban J connectivity index is 1.87. The zero-order valence-electron chi connectivity index (χ0n) is 19.6. The molecule has 2 rings (SSSR count). The molecule has 12 heteroatoms. The molecule has 0 saturated heterocycles. The molecule has 0 aliphatic heterocycles. The van der Waals surface area contributed by atoms with Gasteiger partial charge in [-0.1, -0.05) is 11.6 Å². The second kappa shape index (κ2) is 15.0. The maximum absolute atomic E-state index is 12.4. The molecular weight excluding hydrogens is 476 g/mol. The monoisotopic (exact) mass is 506 g/mol. The maximum atomic E-state index is 12.4. The molecule has 0 bridgehead atoms. The van der Waals surface area contributed by atoms with E-state index in [1.165, 1.54) is 18.2 Å². The van der Waals surface area contributed by atoms with Gasteiger partial charge in [-0.2, -0.15) is 5.11 Å². The number of benzene rings is 2. The van der Waals surface area contributed by atoms with E-state index in [-0.39, 0.29) is 36.4 Å². The highest BCUT2D eigenvalue weighted by atomic mass is 35.5. The number of carbonyl (C=O) groups excluding carboxylic acids is 1. The number of non-ortho nitro benzene ring substituents is 1. The van der Waals surface area contributed by atoms with E-state index in [1.807, 2.05) is 28.9 Å². The molecule has 0 aromatic heterocycles. The number of amides is 1. The quantitative estimate of drug-likeness (QED) is 0.145. The van der Waals surface area contributed by atoms with Crippen LogP contribution >= 0.6 is 11.6 Å². The van der Waals surface area contributed by atoms with Crippen LogP contribution in [-0.4, -0.2) is 78.4 Å². The molecule has 190 valence electrons. The average molecular weight is 507 g/mol. The van der Waals surface area contributed by atoms with Crippen LogP contribution in [0.3, 0.4) is 0 Å². The Hall–Kier alpha value is -3.12. The third-order valence-electron chi connectivity index (χ3n) is 5.15. The number of nitrogens with zero attached hydrogens (tertiary/aromatic N) is 5. The number of rotatable bonds is 15. The van der Waals surface area contributed by atoms with E-state index >= 15 is 0 Å². The van der Waals surface area contributed by atoms with E-state index in [0.29, 0.717) is 44.1 Å². The van der Waals surface area contributed by atoms with Gasteiger partial charge in [-0.05, 0) is 50.2 Å². The lowest BCUT2D eigenvalue weighted by atomic mass is 10.2. The predicted molar refractivity (Wildman–Crippen MR) is 135 cm³/mol. The summed E-state index contributed by atoms with van der Waals surface area (Å²) in [6, 6.07) is 11.2. The van der Waals surface area contributed by atoms with Crippen LogP contribution in [0.2, 0.25) is 5.02 Å². The molecule has 0 unspecified atom stereocenters. The fourth-order valence-electron chi connectivity index (χ4n) is 3.30. The topological polar surface area (TPSA) is 144 Å². The standard InChI is InChI=1S/C23H31ClN6O5/c1-2-29(17-23(33)25-10-3-11-28(12-14-31)13-15-32)19-6-4-18(5-7-19)26-27-22-9-8-20(30(34)35)16-21(22)24/h4-9,16,31-32H,2-3,10-15,17H2,1H3,(H,25,33)/b27-26+. The van der Waals surface area contributed by atoms with Crippen LogP contribution in [-0.2, 0) is 4.79 Å². The van der Waals surface area contributed by atoms with E-state index in [1.54, 1.807) is 12.1 Å². The minimum Gasteiger partial charge on any atom is -0.395 e. The lowest BCUT2D eigenvalue weighted by Crippen LogP contribution is -2.39. The zero-order chi connectivity index (χ0) is 25.6. The summed E-state index contributed by atoms with van der Waals surface area (Å²) in [5.74, 6) is -0.0979. The lowest BCUT2D eigenvalue weighted by molar-refractivity contribution is -0.384. The second-order valence-electron chi connectivity index (χ2n) is 7.62. The summed E-state index contributed by atoms with van der Waals surface area (Å²) in [5, 5.41) is 40.1. The van der Waals surface area contributed by atoms with Crippen LogP contribution < -0.4 is 10.2 Å². The van der Waals surface area contributed by atoms with Crippen molar-refractivity contribution < 1.29 is 19.9 Å². The molecule has 2 aromatic carbocycles. The van der Waals surface area contributed by atoms with Crippen molar-refractivity contribution in [1.29, 1.82) is 0 Å². The molecule has 35 heavy (non-hydrogen) atoms. The molecule has 0 fully saturated rings. The van der Waals surface area contributed by atoms with E-state index < -0.39 is 4.92 Å². The van der Waals surface area contributed by atoms with Crippen molar-refractivity contribution in [2.45, 2.75) is 13.3 Å². The van der Waals surface area contributed by atoms with E-state index in [4.69, 9.17) is 21.8 Å². The normalized spacial score (nSPS) is 11.2. The Labute approximate surface area is 209 Å². The van der Waals surface area contributed by atoms with E-state index in [0.717, 1.165) is 12.1 Å². The highest BCUT2D eigenvalue weighted by Gasteiger charge is 2.11. The number of likely N-dealkylation sites (N-methyl/N-ethyl adjacent to an activating group) is 1. The van der Waals surface area contributed by atoms with Crippen molar-refractivity contribution in [3.63, 3.8) is 0 Å². The van der Waals surface area contributed by atoms with Crippen LogP contribution in [0.5, 0.6) is 0 Å². The number of nitro benzene ring substituents is 1. The number of carbonyl (C=O) groups is 1. The predicted octanol–water partition coefficient (Wildman–Crippen LogP) is 3.28. The fourth-order valence-corrected chi connectivity index (χ4v) is 3.51. The smallest absolute Gasteiger partial charge is 0.271 e.